The second-order valence-corrected chi connectivity index (χ2v) is 4.48. The molecule has 4 N–H and O–H groups in total. The monoisotopic (exact) mass is 252 g/mol. The van der Waals surface area contributed by atoms with E-state index in [1.807, 2.05) is 30.3 Å². The Morgan fingerprint density at radius 2 is 2.17 bits per heavy atom. The van der Waals surface area contributed by atoms with E-state index in [4.69, 9.17) is 15.2 Å². The van der Waals surface area contributed by atoms with Crippen molar-refractivity contribution in [1.82, 2.24) is 5.32 Å². The lowest BCUT2D eigenvalue weighted by atomic mass is 10.00. The lowest BCUT2D eigenvalue weighted by molar-refractivity contribution is -0.215. The number of nitrogens with two attached hydrogens (primary N) is 1. The van der Waals surface area contributed by atoms with Gasteiger partial charge in [-0.2, -0.15) is 0 Å². The minimum atomic E-state index is -0.762. The van der Waals surface area contributed by atoms with Gasteiger partial charge in [-0.1, -0.05) is 30.3 Å². The van der Waals surface area contributed by atoms with E-state index in [1.165, 1.54) is 7.11 Å². The minimum absolute atomic E-state index is 0.232. The van der Waals surface area contributed by atoms with E-state index < -0.39 is 12.4 Å². The first-order valence-electron chi connectivity index (χ1n) is 6.07. The lowest BCUT2D eigenvalue weighted by Crippen LogP contribution is -2.62. The fraction of sp³-hybridized carbons (Fsp3) is 0.538. The van der Waals surface area contributed by atoms with Gasteiger partial charge in [0.25, 0.3) is 0 Å². The minimum Gasteiger partial charge on any atom is -0.386 e. The summed E-state index contributed by atoms with van der Waals surface area (Å²) >= 11 is 0. The molecule has 0 bridgehead atoms. The molecule has 4 atom stereocenters. The summed E-state index contributed by atoms with van der Waals surface area (Å²) in [6.07, 6.45) is -1.37. The van der Waals surface area contributed by atoms with Gasteiger partial charge in [-0.05, 0) is 5.56 Å². The second kappa shape index (κ2) is 6.26. The van der Waals surface area contributed by atoms with Crippen molar-refractivity contribution in [3.63, 3.8) is 0 Å². The van der Waals surface area contributed by atoms with Crippen LogP contribution in [-0.4, -0.2) is 43.3 Å². The molecule has 0 aliphatic carbocycles. The number of hydrogen-bond acceptors (Lipinski definition) is 5. The predicted octanol–water partition coefficient (Wildman–Crippen LogP) is -0.164. The second-order valence-electron chi connectivity index (χ2n) is 4.48. The van der Waals surface area contributed by atoms with E-state index in [9.17, 15) is 5.11 Å². The Morgan fingerprint density at radius 3 is 2.83 bits per heavy atom. The highest BCUT2D eigenvalue weighted by atomic mass is 16.7. The molecule has 2 rings (SSSR count). The molecule has 1 heterocycles. The first-order valence-corrected chi connectivity index (χ1v) is 6.07. The molecule has 5 nitrogen and oxygen atoms in total. The quantitative estimate of drug-likeness (QED) is 0.694. The first kappa shape index (κ1) is 13.5. The molecule has 1 fully saturated rings. The van der Waals surface area contributed by atoms with Crippen molar-refractivity contribution in [3.05, 3.63) is 35.9 Å². The van der Waals surface area contributed by atoms with Crippen molar-refractivity contribution in [3.8, 4) is 0 Å². The molecule has 0 amide bonds. The highest BCUT2D eigenvalue weighted by Crippen LogP contribution is 2.15. The SMILES string of the molecule is CO[C@H]1OC[C@H](N)[C@@H](NCc2ccccc2)[C@@H]1O. The topological polar surface area (TPSA) is 76.7 Å². The average Bonchev–Trinajstić information content (AvgIpc) is 2.40. The zero-order valence-corrected chi connectivity index (χ0v) is 10.5. The van der Waals surface area contributed by atoms with Crippen molar-refractivity contribution in [2.75, 3.05) is 13.7 Å². The maximum absolute atomic E-state index is 10.1. The van der Waals surface area contributed by atoms with Crippen LogP contribution in [0.1, 0.15) is 5.56 Å². The zero-order valence-electron chi connectivity index (χ0n) is 10.5. The largest absolute Gasteiger partial charge is 0.386 e. The van der Waals surface area contributed by atoms with Crippen LogP contribution in [0.4, 0.5) is 0 Å². The summed E-state index contributed by atoms with van der Waals surface area (Å²) in [7, 11) is 1.51. The van der Waals surface area contributed by atoms with Crippen molar-refractivity contribution < 1.29 is 14.6 Å². The molecule has 100 valence electrons. The van der Waals surface area contributed by atoms with E-state index in [0.717, 1.165) is 5.56 Å². The van der Waals surface area contributed by atoms with Gasteiger partial charge in [0.1, 0.15) is 6.10 Å². The number of methoxy groups -OCH3 is 1. The maximum Gasteiger partial charge on any atom is 0.184 e. The maximum atomic E-state index is 10.1. The molecule has 0 spiro atoms. The fourth-order valence-electron chi connectivity index (χ4n) is 2.14. The summed E-state index contributed by atoms with van der Waals surface area (Å²) in [6, 6.07) is 9.51. The van der Waals surface area contributed by atoms with Crippen molar-refractivity contribution in [1.29, 1.82) is 0 Å². The lowest BCUT2D eigenvalue weighted by Gasteiger charge is -2.38. The third kappa shape index (κ3) is 3.07. The molecule has 1 aliphatic rings. The standard InChI is InChI=1S/C13H20N2O3/c1-17-13-12(16)11(10(14)8-18-13)15-7-9-5-3-2-4-6-9/h2-6,10-13,15-16H,7-8,14H2,1H3/t10-,11+,12-,13-/m0/s1. The number of aliphatic hydroxyl groups is 1. The van der Waals surface area contributed by atoms with Crippen LogP contribution < -0.4 is 11.1 Å². The normalized spacial score (nSPS) is 32.4. The van der Waals surface area contributed by atoms with Crippen LogP contribution in [0.2, 0.25) is 0 Å². The zero-order chi connectivity index (χ0) is 13.0. The molecule has 1 aliphatic heterocycles. The Kier molecular flexibility index (Phi) is 4.68. The van der Waals surface area contributed by atoms with E-state index in [1.54, 1.807) is 0 Å². The van der Waals surface area contributed by atoms with Gasteiger partial charge in [0, 0.05) is 19.7 Å². The third-order valence-electron chi connectivity index (χ3n) is 3.18. The Labute approximate surface area is 107 Å². The molecule has 0 aromatic heterocycles. The van der Waals surface area contributed by atoms with Gasteiger partial charge in [0.2, 0.25) is 0 Å². The summed E-state index contributed by atoms with van der Waals surface area (Å²) in [5, 5.41) is 13.4. The third-order valence-corrected chi connectivity index (χ3v) is 3.18. The first-order chi connectivity index (χ1) is 8.72. The molecule has 0 unspecified atom stereocenters. The average molecular weight is 252 g/mol. The van der Waals surface area contributed by atoms with E-state index >= 15 is 0 Å². The molecule has 18 heavy (non-hydrogen) atoms. The Morgan fingerprint density at radius 1 is 1.44 bits per heavy atom. The number of rotatable bonds is 4. The van der Waals surface area contributed by atoms with Crippen LogP contribution in [0.5, 0.6) is 0 Å². The number of nitrogens with one attached hydrogen (secondary N) is 1. The number of benzene rings is 1. The smallest absolute Gasteiger partial charge is 0.184 e. The number of ether oxygens (including phenoxy) is 2. The number of aliphatic hydroxyl groups excluding tert-OH is 1. The molecular formula is C13H20N2O3. The van der Waals surface area contributed by atoms with E-state index in [0.29, 0.717) is 13.2 Å². The fourth-order valence-corrected chi connectivity index (χ4v) is 2.14. The highest BCUT2D eigenvalue weighted by molar-refractivity contribution is 5.14. The van der Waals surface area contributed by atoms with Gasteiger partial charge in [0.05, 0.1) is 12.6 Å². The highest BCUT2D eigenvalue weighted by Gasteiger charge is 2.37. The Balaban J connectivity index is 1.94. The van der Waals surface area contributed by atoms with Crippen molar-refractivity contribution >= 4 is 0 Å². The summed E-state index contributed by atoms with van der Waals surface area (Å²) < 4.78 is 10.4. The molecular weight excluding hydrogens is 232 g/mol. The van der Waals surface area contributed by atoms with Gasteiger partial charge < -0.3 is 25.6 Å². The molecule has 0 saturated carbocycles. The van der Waals surface area contributed by atoms with Crippen LogP contribution in [0.25, 0.3) is 0 Å². The molecule has 0 radical (unpaired) electrons. The van der Waals surface area contributed by atoms with Gasteiger partial charge in [-0.15, -0.1) is 0 Å². The summed E-state index contributed by atoms with van der Waals surface area (Å²) in [5.74, 6) is 0. The Bertz CT molecular complexity index is 361. The predicted molar refractivity (Wildman–Crippen MR) is 67.8 cm³/mol. The van der Waals surface area contributed by atoms with Gasteiger partial charge in [0.15, 0.2) is 6.29 Å². The van der Waals surface area contributed by atoms with Crippen LogP contribution in [0, 0.1) is 0 Å². The molecule has 1 aromatic rings. The number of hydrogen-bond donors (Lipinski definition) is 3. The van der Waals surface area contributed by atoms with Gasteiger partial charge in [-0.3, -0.25) is 0 Å². The van der Waals surface area contributed by atoms with Crippen molar-refractivity contribution in [2.45, 2.75) is 31.0 Å². The van der Waals surface area contributed by atoms with Crippen LogP contribution in [-0.2, 0) is 16.0 Å². The van der Waals surface area contributed by atoms with E-state index in [-0.39, 0.29) is 12.1 Å². The Hall–Kier alpha value is -0.980. The summed E-state index contributed by atoms with van der Waals surface area (Å²) in [4.78, 5) is 0. The van der Waals surface area contributed by atoms with Gasteiger partial charge >= 0.3 is 0 Å². The van der Waals surface area contributed by atoms with Crippen LogP contribution >= 0.6 is 0 Å². The van der Waals surface area contributed by atoms with Gasteiger partial charge in [-0.25, -0.2) is 0 Å². The molecule has 1 aromatic carbocycles. The van der Waals surface area contributed by atoms with Crippen LogP contribution in [0.15, 0.2) is 30.3 Å². The van der Waals surface area contributed by atoms with E-state index in [2.05, 4.69) is 5.32 Å². The summed E-state index contributed by atoms with van der Waals surface area (Å²) in [5.41, 5.74) is 7.10. The van der Waals surface area contributed by atoms with Crippen LogP contribution in [0.3, 0.4) is 0 Å². The van der Waals surface area contributed by atoms with Crippen molar-refractivity contribution in [2.24, 2.45) is 5.73 Å². The molecule has 1 saturated heterocycles. The molecule has 5 heteroatoms. The summed E-state index contributed by atoms with van der Waals surface area (Å²) in [6.45, 7) is 1.04.